The summed E-state index contributed by atoms with van der Waals surface area (Å²) < 4.78 is 11.2. The molecule has 1 amide bonds. The number of likely N-dealkylation sites (N-methyl/N-ethyl adjacent to an activating group) is 1. The molecular weight excluding hydrogens is 354 g/mol. The average Bonchev–Trinajstić information content (AvgIpc) is 2.73. The molecule has 150 valence electrons. The molecule has 0 aromatic heterocycles. The molecule has 0 aliphatic carbocycles. The van der Waals surface area contributed by atoms with Gasteiger partial charge in [0.1, 0.15) is 0 Å². The number of nitrogens with zero attached hydrogens (tertiary/aromatic N) is 2. The topological polar surface area (TPSA) is 54.0 Å². The van der Waals surface area contributed by atoms with Crippen LogP contribution in [-0.4, -0.2) is 57.2 Å². The van der Waals surface area contributed by atoms with Gasteiger partial charge in [0.2, 0.25) is 0 Å². The van der Waals surface area contributed by atoms with E-state index in [1.165, 1.54) is 5.69 Å². The lowest BCUT2D eigenvalue weighted by Crippen LogP contribution is -2.44. The first-order chi connectivity index (χ1) is 13.6. The molecule has 6 nitrogen and oxygen atoms in total. The second kappa shape index (κ2) is 9.46. The van der Waals surface area contributed by atoms with Crippen LogP contribution in [-0.2, 0) is 4.79 Å². The van der Waals surface area contributed by atoms with Gasteiger partial charge in [-0.15, -0.1) is 0 Å². The lowest BCUT2D eigenvalue weighted by Gasteiger charge is -2.34. The summed E-state index contributed by atoms with van der Waals surface area (Å²) in [5.41, 5.74) is 1.95. The first kappa shape index (κ1) is 20.0. The fourth-order valence-electron chi connectivity index (χ4n) is 3.23. The Morgan fingerprint density at radius 1 is 1.04 bits per heavy atom. The van der Waals surface area contributed by atoms with Crippen molar-refractivity contribution in [2.24, 2.45) is 0 Å². The van der Waals surface area contributed by atoms with Crippen LogP contribution in [0.5, 0.6) is 11.5 Å². The zero-order valence-electron chi connectivity index (χ0n) is 16.9. The van der Waals surface area contributed by atoms with E-state index in [0.717, 1.165) is 31.9 Å². The molecular formula is C22H29N3O3. The van der Waals surface area contributed by atoms with Crippen molar-refractivity contribution in [2.45, 2.75) is 19.4 Å². The predicted octanol–water partition coefficient (Wildman–Crippen LogP) is 3.24. The molecule has 1 aliphatic heterocycles. The first-order valence-electron chi connectivity index (χ1n) is 9.74. The maximum absolute atomic E-state index is 12.7. The van der Waals surface area contributed by atoms with E-state index in [4.69, 9.17) is 9.47 Å². The zero-order chi connectivity index (χ0) is 19.9. The van der Waals surface area contributed by atoms with E-state index in [2.05, 4.69) is 34.3 Å². The van der Waals surface area contributed by atoms with Crippen LogP contribution in [0.3, 0.4) is 0 Å². The van der Waals surface area contributed by atoms with Crippen LogP contribution < -0.4 is 19.7 Å². The number of anilines is 2. The summed E-state index contributed by atoms with van der Waals surface area (Å²) >= 11 is 0. The van der Waals surface area contributed by atoms with Gasteiger partial charge in [0.25, 0.3) is 5.91 Å². The molecule has 1 unspecified atom stereocenters. The molecule has 0 spiro atoms. The van der Waals surface area contributed by atoms with Crippen molar-refractivity contribution in [3.05, 3.63) is 48.5 Å². The Hall–Kier alpha value is -2.73. The molecule has 1 saturated heterocycles. The monoisotopic (exact) mass is 383 g/mol. The van der Waals surface area contributed by atoms with Gasteiger partial charge in [0.15, 0.2) is 17.6 Å². The Morgan fingerprint density at radius 3 is 2.29 bits per heavy atom. The second-order valence-electron chi connectivity index (χ2n) is 6.99. The van der Waals surface area contributed by atoms with Gasteiger partial charge < -0.3 is 24.6 Å². The Labute approximate surface area is 167 Å². The van der Waals surface area contributed by atoms with Crippen molar-refractivity contribution < 1.29 is 14.3 Å². The molecule has 1 N–H and O–H groups in total. The molecule has 2 aromatic carbocycles. The molecule has 1 atom stereocenters. The standard InChI is InChI=1S/C22H29N3O3/c1-4-19(28-21-8-6-5-7-20(21)27-3)22(26)23-17-9-11-18(12-10-17)25-15-13-24(2)14-16-25/h5-12,19H,4,13-16H2,1-3H3,(H,23,26). The number of nitrogens with one attached hydrogen (secondary N) is 1. The molecule has 2 aromatic rings. The summed E-state index contributed by atoms with van der Waals surface area (Å²) in [4.78, 5) is 17.4. The van der Waals surface area contributed by atoms with Gasteiger partial charge >= 0.3 is 0 Å². The number of rotatable bonds is 7. The van der Waals surface area contributed by atoms with E-state index in [1.807, 2.05) is 37.3 Å². The van der Waals surface area contributed by atoms with E-state index in [9.17, 15) is 4.79 Å². The minimum Gasteiger partial charge on any atom is -0.493 e. The van der Waals surface area contributed by atoms with Crippen LogP contribution in [0.25, 0.3) is 0 Å². The maximum Gasteiger partial charge on any atom is 0.265 e. The first-order valence-corrected chi connectivity index (χ1v) is 9.74. The van der Waals surface area contributed by atoms with Crippen LogP contribution in [0, 0.1) is 0 Å². The van der Waals surface area contributed by atoms with Crippen molar-refractivity contribution in [3.8, 4) is 11.5 Å². The smallest absolute Gasteiger partial charge is 0.265 e. The van der Waals surface area contributed by atoms with E-state index in [1.54, 1.807) is 13.2 Å². The highest BCUT2D eigenvalue weighted by Gasteiger charge is 2.20. The Bertz CT molecular complexity index is 771. The molecule has 6 heteroatoms. The van der Waals surface area contributed by atoms with Gasteiger partial charge in [-0.05, 0) is 49.9 Å². The molecule has 1 fully saturated rings. The quantitative estimate of drug-likeness (QED) is 0.795. The second-order valence-corrected chi connectivity index (χ2v) is 6.99. The summed E-state index contributed by atoms with van der Waals surface area (Å²) in [6.45, 7) is 6.10. The summed E-state index contributed by atoms with van der Waals surface area (Å²) in [6, 6.07) is 15.4. The Balaban J connectivity index is 1.61. The minimum atomic E-state index is -0.589. The van der Waals surface area contributed by atoms with Crippen LogP contribution in [0.4, 0.5) is 11.4 Å². The molecule has 28 heavy (non-hydrogen) atoms. The number of methoxy groups -OCH3 is 1. The number of piperazine rings is 1. The third-order valence-corrected chi connectivity index (χ3v) is 5.00. The predicted molar refractivity (Wildman–Crippen MR) is 112 cm³/mol. The number of carbonyl (C=O) groups is 1. The minimum absolute atomic E-state index is 0.166. The van der Waals surface area contributed by atoms with Gasteiger partial charge in [0.05, 0.1) is 7.11 Å². The number of ether oxygens (including phenoxy) is 2. The van der Waals surface area contributed by atoms with Crippen LogP contribution >= 0.6 is 0 Å². The van der Waals surface area contributed by atoms with E-state index in [-0.39, 0.29) is 5.91 Å². The fourth-order valence-corrected chi connectivity index (χ4v) is 3.23. The van der Waals surface area contributed by atoms with Crippen molar-refractivity contribution in [3.63, 3.8) is 0 Å². The largest absolute Gasteiger partial charge is 0.493 e. The van der Waals surface area contributed by atoms with Crippen molar-refractivity contribution in [1.82, 2.24) is 4.90 Å². The number of benzene rings is 2. The number of hydrogen-bond acceptors (Lipinski definition) is 5. The molecule has 0 saturated carbocycles. The fraction of sp³-hybridized carbons (Fsp3) is 0.409. The summed E-state index contributed by atoms with van der Waals surface area (Å²) in [7, 11) is 3.73. The number of amides is 1. The molecule has 3 rings (SSSR count). The number of hydrogen-bond donors (Lipinski definition) is 1. The summed E-state index contributed by atoms with van der Waals surface area (Å²) in [5, 5.41) is 2.96. The van der Waals surface area contributed by atoms with Crippen molar-refractivity contribution in [1.29, 1.82) is 0 Å². The Morgan fingerprint density at radius 2 is 1.68 bits per heavy atom. The summed E-state index contributed by atoms with van der Waals surface area (Å²) in [6.07, 6.45) is -0.0305. The van der Waals surface area contributed by atoms with Gasteiger partial charge in [-0.2, -0.15) is 0 Å². The summed E-state index contributed by atoms with van der Waals surface area (Å²) in [5.74, 6) is 1.02. The third-order valence-electron chi connectivity index (χ3n) is 5.00. The lowest BCUT2D eigenvalue weighted by molar-refractivity contribution is -0.122. The van der Waals surface area contributed by atoms with E-state index < -0.39 is 6.10 Å². The lowest BCUT2D eigenvalue weighted by atomic mass is 10.2. The average molecular weight is 383 g/mol. The van der Waals surface area contributed by atoms with E-state index >= 15 is 0 Å². The van der Waals surface area contributed by atoms with Crippen molar-refractivity contribution >= 4 is 17.3 Å². The van der Waals surface area contributed by atoms with Gasteiger partial charge in [-0.1, -0.05) is 19.1 Å². The van der Waals surface area contributed by atoms with Crippen LogP contribution in [0.1, 0.15) is 13.3 Å². The van der Waals surface area contributed by atoms with Crippen molar-refractivity contribution in [2.75, 3.05) is 50.6 Å². The molecule has 0 bridgehead atoms. The molecule has 1 aliphatic rings. The highest BCUT2D eigenvalue weighted by Crippen LogP contribution is 2.27. The molecule has 0 radical (unpaired) electrons. The highest BCUT2D eigenvalue weighted by molar-refractivity contribution is 5.94. The highest BCUT2D eigenvalue weighted by atomic mass is 16.5. The zero-order valence-corrected chi connectivity index (χ0v) is 16.9. The number of para-hydroxylation sites is 2. The Kier molecular flexibility index (Phi) is 6.76. The third kappa shape index (κ3) is 4.95. The van der Waals surface area contributed by atoms with Crippen LogP contribution in [0.15, 0.2) is 48.5 Å². The van der Waals surface area contributed by atoms with Gasteiger partial charge in [-0.25, -0.2) is 0 Å². The van der Waals surface area contributed by atoms with Crippen LogP contribution in [0.2, 0.25) is 0 Å². The maximum atomic E-state index is 12.7. The van der Waals surface area contributed by atoms with Gasteiger partial charge in [-0.3, -0.25) is 4.79 Å². The SMILES string of the molecule is CCC(Oc1ccccc1OC)C(=O)Nc1ccc(N2CCN(C)CC2)cc1. The number of carbonyl (C=O) groups excluding carboxylic acids is 1. The van der Waals surface area contributed by atoms with Gasteiger partial charge in [0, 0.05) is 37.6 Å². The molecule has 1 heterocycles. The van der Waals surface area contributed by atoms with E-state index in [0.29, 0.717) is 17.9 Å². The normalized spacial score (nSPS) is 15.8.